The monoisotopic (exact) mass is 350 g/mol. The van der Waals surface area contributed by atoms with Crippen molar-refractivity contribution in [3.63, 3.8) is 0 Å². The Morgan fingerprint density at radius 2 is 1.96 bits per heavy atom. The van der Waals surface area contributed by atoms with Crippen LogP contribution in [0.3, 0.4) is 0 Å². The lowest BCUT2D eigenvalue weighted by atomic mass is 10.2. The summed E-state index contributed by atoms with van der Waals surface area (Å²) in [6, 6.07) is 9.14. The number of esters is 1. The number of nitrogens with zero attached hydrogens (tertiary/aromatic N) is 2. The lowest BCUT2D eigenvalue weighted by Gasteiger charge is -2.12. The van der Waals surface area contributed by atoms with E-state index in [-0.39, 0.29) is 17.1 Å². The maximum Gasteiger partial charge on any atom is 0.338 e. The molecule has 0 atom stereocenters. The Kier molecular flexibility index (Phi) is 5.53. The Balaban J connectivity index is 2.16. The molecule has 0 bridgehead atoms. The Labute approximate surface area is 140 Å². The average molecular weight is 350 g/mol. The van der Waals surface area contributed by atoms with Gasteiger partial charge in [-0.25, -0.2) is 22.5 Å². The van der Waals surface area contributed by atoms with Gasteiger partial charge in [-0.3, -0.25) is 0 Å². The van der Waals surface area contributed by atoms with Gasteiger partial charge in [-0.05, 0) is 30.3 Å². The summed E-state index contributed by atoms with van der Waals surface area (Å²) in [5, 5.41) is 0. The second-order valence-corrected chi connectivity index (χ2v) is 7.22. The van der Waals surface area contributed by atoms with Crippen LogP contribution in [0.15, 0.2) is 47.5 Å². The maximum atomic E-state index is 12.2. The molecule has 0 fully saturated rings. The molecule has 8 heteroatoms. The van der Waals surface area contributed by atoms with E-state index in [1.807, 2.05) is 0 Å². The third-order valence-corrected chi connectivity index (χ3v) is 5.06. The van der Waals surface area contributed by atoms with Crippen LogP contribution in [0.25, 0.3) is 0 Å². The molecule has 2 rings (SSSR count). The van der Waals surface area contributed by atoms with Gasteiger partial charge in [0, 0.05) is 20.3 Å². The number of sulfonamides is 1. The molecule has 0 unspecified atom stereocenters. The number of carbonyl (C=O) groups is 1. The van der Waals surface area contributed by atoms with E-state index >= 15 is 0 Å². The second kappa shape index (κ2) is 7.41. The quantitative estimate of drug-likeness (QED) is 0.737. The minimum atomic E-state index is -3.62. The SMILES string of the molecule is COc1ncccc1COC(=O)c1cccc(S(=O)(=O)N(C)C)c1. The van der Waals surface area contributed by atoms with Gasteiger partial charge in [0.05, 0.1) is 23.1 Å². The number of hydrogen-bond donors (Lipinski definition) is 0. The lowest BCUT2D eigenvalue weighted by Crippen LogP contribution is -2.22. The number of ether oxygens (including phenoxy) is 2. The third-order valence-electron chi connectivity index (χ3n) is 3.25. The molecular formula is C16H18N2O5S. The first-order valence-electron chi connectivity index (χ1n) is 7.04. The fourth-order valence-corrected chi connectivity index (χ4v) is 2.89. The number of aromatic nitrogens is 1. The van der Waals surface area contributed by atoms with E-state index in [1.54, 1.807) is 18.3 Å². The second-order valence-electron chi connectivity index (χ2n) is 5.06. The summed E-state index contributed by atoms with van der Waals surface area (Å²) in [4.78, 5) is 16.2. The van der Waals surface area contributed by atoms with Crippen LogP contribution >= 0.6 is 0 Å². The van der Waals surface area contributed by atoms with Crippen molar-refractivity contribution in [1.82, 2.24) is 9.29 Å². The normalized spacial score (nSPS) is 11.3. The number of methoxy groups -OCH3 is 1. The topological polar surface area (TPSA) is 85.8 Å². The molecule has 0 saturated carbocycles. The molecule has 0 saturated heterocycles. The predicted octanol–water partition coefficient (Wildman–Crippen LogP) is 1.70. The summed E-state index contributed by atoms with van der Waals surface area (Å²) < 4.78 is 35.6. The zero-order valence-electron chi connectivity index (χ0n) is 13.6. The number of rotatable bonds is 6. The van der Waals surface area contributed by atoms with Crippen molar-refractivity contribution in [2.75, 3.05) is 21.2 Å². The van der Waals surface area contributed by atoms with Gasteiger partial charge >= 0.3 is 5.97 Å². The van der Waals surface area contributed by atoms with Crippen molar-refractivity contribution in [2.45, 2.75) is 11.5 Å². The van der Waals surface area contributed by atoms with E-state index in [9.17, 15) is 13.2 Å². The van der Waals surface area contributed by atoms with Gasteiger partial charge in [0.15, 0.2) is 0 Å². The first kappa shape index (κ1) is 17.9. The summed E-state index contributed by atoms with van der Waals surface area (Å²) in [5.41, 5.74) is 0.770. The smallest absolute Gasteiger partial charge is 0.338 e. The largest absolute Gasteiger partial charge is 0.481 e. The first-order valence-corrected chi connectivity index (χ1v) is 8.48. The highest BCUT2D eigenvalue weighted by molar-refractivity contribution is 7.89. The zero-order valence-corrected chi connectivity index (χ0v) is 14.4. The van der Waals surface area contributed by atoms with Crippen LogP contribution in [-0.2, 0) is 21.4 Å². The summed E-state index contributed by atoms with van der Waals surface area (Å²) in [7, 11) is 0.712. The Bertz CT molecular complexity index is 834. The highest BCUT2D eigenvalue weighted by Gasteiger charge is 2.19. The van der Waals surface area contributed by atoms with E-state index in [4.69, 9.17) is 9.47 Å². The average Bonchev–Trinajstić information content (AvgIpc) is 2.59. The van der Waals surface area contributed by atoms with Crippen molar-refractivity contribution >= 4 is 16.0 Å². The maximum absolute atomic E-state index is 12.2. The highest BCUT2D eigenvalue weighted by atomic mass is 32.2. The standard InChI is InChI=1S/C16H18N2O5S/c1-18(2)24(20,21)14-8-4-6-12(10-14)16(19)23-11-13-7-5-9-17-15(13)22-3/h4-10H,11H2,1-3H3. The number of benzene rings is 1. The molecule has 7 nitrogen and oxygen atoms in total. The van der Waals surface area contributed by atoms with E-state index in [1.165, 1.54) is 45.5 Å². The van der Waals surface area contributed by atoms with Crippen molar-refractivity contribution in [3.05, 3.63) is 53.7 Å². The van der Waals surface area contributed by atoms with E-state index < -0.39 is 16.0 Å². The summed E-state index contributed by atoms with van der Waals surface area (Å²) in [5.74, 6) is -0.258. The molecule has 0 aliphatic heterocycles. The Hall–Kier alpha value is -2.45. The lowest BCUT2D eigenvalue weighted by molar-refractivity contribution is 0.0469. The third kappa shape index (κ3) is 3.90. The van der Waals surface area contributed by atoms with Gasteiger partial charge in [0.25, 0.3) is 0 Å². The zero-order chi connectivity index (χ0) is 17.7. The minimum absolute atomic E-state index is 0.0273. The van der Waals surface area contributed by atoms with Crippen LogP contribution in [0.5, 0.6) is 5.88 Å². The van der Waals surface area contributed by atoms with Gasteiger partial charge in [-0.2, -0.15) is 0 Å². The molecule has 0 amide bonds. The fourth-order valence-electron chi connectivity index (χ4n) is 1.94. The van der Waals surface area contributed by atoms with Crippen LogP contribution in [-0.4, -0.2) is 44.9 Å². The van der Waals surface area contributed by atoms with E-state index in [0.29, 0.717) is 11.4 Å². The van der Waals surface area contributed by atoms with Gasteiger partial charge in [0.2, 0.25) is 15.9 Å². The Morgan fingerprint density at radius 3 is 2.62 bits per heavy atom. The van der Waals surface area contributed by atoms with E-state index in [2.05, 4.69) is 4.98 Å². The van der Waals surface area contributed by atoms with Crippen molar-refractivity contribution < 1.29 is 22.7 Å². The molecule has 0 N–H and O–H groups in total. The van der Waals surface area contributed by atoms with Crippen molar-refractivity contribution in [3.8, 4) is 5.88 Å². The summed E-state index contributed by atoms with van der Waals surface area (Å²) in [6.07, 6.45) is 1.57. The van der Waals surface area contributed by atoms with Gasteiger partial charge < -0.3 is 9.47 Å². The fraction of sp³-hybridized carbons (Fsp3) is 0.250. The predicted molar refractivity (Wildman–Crippen MR) is 87.2 cm³/mol. The van der Waals surface area contributed by atoms with Crippen LogP contribution < -0.4 is 4.74 Å². The molecule has 1 aromatic carbocycles. The first-order chi connectivity index (χ1) is 11.4. The van der Waals surface area contributed by atoms with Crippen molar-refractivity contribution in [1.29, 1.82) is 0 Å². The number of carbonyl (C=O) groups excluding carboxylic acids is 1. The molecule has 1 aromatic heterocycles. The molecule has 1 heterocycles. The molecule has 128 valence electrons. The number of pyridine rings is 1. The molecule has 0 aliphatic rings. The molecular weight excluding hydrogens is 332 g/mol. The molecule has 24 heavy (non-hydrogen) atoms. The summed E-state index contributed by atoms with van der Waals surface area (Å²) in [6.45, 7) is -0.0273. The highest BCUT2D eigenvalue weighted by Crippen LogP contribution is 2.18. The number of hydrogen-bond acceptors (Lipinski definition) is 6. The summed E-state index contributed by atoms with van der Waals surface area (Å²) >= 11 is 0. The molecule has 2 aromatic rings. The Morgan fingerprint density at radius 1 is 1.21 bits per heavy atom. The van der Waals surface area contributed by atoms with Crippen LogP contribution in [0.4, 0.5) is 0 Å². The minimum Gasteiger partial charge on any atom is -0.481 e. The van der Waals surface area contributed by atoms with Gasteiger partial charge in [0.1, 0.15) is 6.61 Å². The van der Waals surface area contributed by atoms with Gasteiger partial charge in [-0.15, -0.1) is 0 Å². The van der Waals surface area contributed by atoms with Crippen LogP contribution in [0.2, 0.25) is 0 Å². The molecule has 0 spiro atoms. The van der Waals surface area contributed by atoms with Crippen LogP contribution in [0.1, 0.15) is 15.9 Å². The van der Waals surface area contributed by atoms with Crippen molar-refractivity contribution in [2.24, 2.45) is 0 Å². The van der Waals surface area contributed by atoms with Gasteiger partial charge in [-0.1, -0.05) is 6.07 Å². The van der Waals surface area contributed by atoms with Crippen LogP contribution in [0, 0.1) is 0 Å². The molecule has 0 radical (unpaired) electrons. The molecule has 0 aliphatic carbocycles. The van der Waals surface area contributed by atoms with E-state index in [0.717, 1.165) is 4.31 Å².